The van der Waals surface area contributed by atoms with Gasteiger partial charge in [0, 0.05) is 24.1 Å². The molecule has 6 nitrogen and oxygen atoms in total. The summed E-state index contributed by atoms with van der Waals surface area (Å²) < 4.78 is 0.238. The van der Waals surface area contributed by atoms with E-state index in [-0.39, 0.29) is 22.4 Å². The average Bonchev–Trinajstić information content (AvgIpc) is 2.58. The van der Waals surface area contributed by atoms with Gasteiger partial charge in [-0.2, -0.15) is 0 Å². The highest BCUT2D eigenvalue weighted by Gasteiger charge is 2.13. The second kappa shape index (κ2) is 6.59. The predicted octanol–water partition coefficient (Wildman–Crippen LogP) is 3.60. The van der Waals surface area contributed by atoms with Gasteiger partial charge in [0.1, 0.15) is 0 Å². The largest absolute Gasteiger partial charge is 0.331 e. The molecule has 0 bridgehead atoms. The van der Waals surface area contributed by atoms with Crippen molar-refractivity contribution in [2.24, 2.45) is 0 Å². The van der Waals surface area contributed by atoms with Gasteiger partial charge in [0.05, 0.1) is 10.6 Å². The molecular formula is C17H13N3O3S. The molecule has 2 N–H and O–H groups in total. The van der Waals surface area contributed by atoms with E-state index in [9.17, 15) is 14.9 Å². The van der Waals surface area contributed by atoms with E-state index in [1.54, 1.807) is 12.1 Å². The Hall–Kier alpha value is -3.06. The Morgan fingerprint density at radius 2 is 1.79 bits per heavy atom. The van der Waals surface area contributed by atoms with Gasteiger partial charge in [-0.1, -0.05) is 42.5 Å². The van der Waals surface area contributed by atoms with Crippen LogP contribution < -0.4 is 5.56 Å². The van der Waals surface area contributed by atoms with E-state index in [1.165, 1.54) is 12.1 Å². The predicted molar refractivity (Wildman–Crippen MR) is 93.6 cm³/mol. The molecule has 7 heteroatoms. The van der Waals surface area contributed by atoms with E-state index in [1.807, 2.05) is 30.3 Å². The molecule has 2 aromatic carbocycles. The van der Waals surface area contributed by atoms with Crippen molar-refractivity contribution < 1.29 is 4.92 Å². The molecule has 0 amide bonds. The minimum atomic E-state index is -0.454. The Morgan fingerprint density at radius 3 is 2.50 bits per heavy atom. The van der Waals surface area contributed by atoms with Crippen LogP contribution in [0.25, 0.3) is 11.3 Å². The normalized spacial score (nSPS) is 10.5. The second-order valence-electron chi connectivity index (χ2n) is 5.23. The molecule has 0 fully saturated rings. The number of aromatic amines is 2. The van der Waals surface area contributed by atoms with Crippen LogP contribution in [-0.4, -0.2) is 14.9 Å². The summed E-state index contributed by atoms with van der Waals surface area (Å²) in [6.07, 6.45) is 0.257. The summed E-state index contributed by atoms with van der Waals surface area (Å²) in [6, 6.07) is 15.6. The summed E-state index contributed by atoms with van der Waals surface area (Å²) in [7, 11) is 0. The molecule has 120 valence electrons. The van der Waals surface area contributed by atoms with Crippen LogP contribution in [0.3, 0.4) is 0 Å². The van der Waals surface area contributed by atoms with Gasteiger partial charge in [-0.3, -0.25) is 19.9 Å². The minimum absolute atomic E-state index is 0.00550. The van der Waals surface area contributed by atoms with Gasteiger partial charge in [0.15, 0.2) is 4.77 Å². The Balaban J connectivity index is 2.11. The number of H-pyrrole nitrogens is 2. The lowest BCUT2D eigenvalue weighted by atomic mass is 10.0. The number of hydrogen-bond donors (Lipinski definition) is 2. The monoisotopic (exact) mass is 339 g/mol. The number of non-ortho nitro benzene ring substituents is 1. The highest BCUT2D eigenvalue weighted by molar-refractivity contribution is 7.71. The fourth-order valence-corrected chi connectivity index (χ4v) is 2.71. The fraction of sp³-hybridized carbons (Fsp3) is 0.0588. The molecule has 3 aromatic rings. The van der Waals surface area contributed by atoms with Crippen molar-refractivity contribution in [1.29, 1.82) is 0 Å². The maximum atomic E-state index is 12.4. The second-order valence-corrected chi connectivity index (χ2v) is 5.64. The molecule has 0 saturated heterocycles. The molecule has 3 rings (SSSR count). The van der Waals surface area contributed by atoms with Crippen LogP contribution in [0.15, 0.2) is 59.4 Å². The first-order valence-electron chi connectivity index (χ1n) is 7.19. The molecule has 0 spiro atoms. The summed E-state index contributed by atoms with van der Waals surface area (Å²) >= 11 is 5.07. The van der Waals surface area contributed by atoms with Crippen molar-refractivity contribution in [1.82, 2.24) is 9.97 Å². The van der Waals surface area contributed by atoms with Crippen LogP contribution in [0.5, 0.6) is 0 Å². The Labute approximate surface area is 142 Å². The fourth-order valence-electron chi connectivity index (χ4n) is 2.52. The third kappa shape index (κ3) is 3.31. The lowest BCUT2D eigenvalue weighted by molar-refractivity contribution is -0.384. The standard InChI is InChI=1S/C17H13N3O3S/c21-16-14(10-11-5-4-8-13(9-11)20(22)23)15(18-17(24)19-16)12-6-2-1-3-7-12/h1-9H,10H2,(H2,18,19,21,24). The third-order valence-corrected chi connectivity index (χ3v) is 3.81. The quantitative estimate of drug-likeness (QED) is 0.431. The number of benzene rings is 2. The maximum absolute atomic E-state index is 12.4. The van der Waals surface area contributed by atoms with E-state index in [4.69, 9.17) is 12.2 Å². The molecular weight excluding hydrogens is 326 g/mol. The molecule has 0 aliphatic heterocycles. The molecule has 0 aliphatic carbocycles. The Kier molecular flexibility index (Phi) is 4.35. The summed E-state index contributed by atoms with van der Waals surface area (Å²) in [6.45, 7) is 0. The van der Waals surface area contributed by atoms with Gasteiger partial charge >= 0.3 is 0 Å². The van der Waals surface area contributed by atoms with E-state index >= 15 is 0 Å². The number of hydrogen-bond acceptors (Lipinski definition) is 4. The molecule has 0 atom stereocenters. The van der Waals surface area contributed by atoms with Crippen molar-refractivity contribution in [3.05, 3.63) is 91.0 Å². The maximum Gasteiger partial charge on any atom is 0.269 e. The molecule has 0 saturated carbocycles. The molecule has 24 heavy (non-hydrogen) atoms. The first-order valence-corrected chi connectivity index (χ1v) is 7.59. The zero-order valence-corrected chi connectivity index (χ0v) is 13.3. The number of nitrogens with one attached hydrogen (secondary N) is 2. The zero-order chi connectivity index (χ0) is 17.1. The first kappa shape index (κ1) is 15.8. The van der Waals surface area contributed by atoms with Crippen molar-refractivity contribution in [3.63, 3.8) is 0 Å². The lowest BCUT2D eigenvalue weighted by Gasteiger charge is -2.09. The van der Waals surface area contributed by atoms with Crippen molar-refractivity contribution in [2.75, 3.05) is 0 Å². The minimum Gasteiger partial charge on any atom is -0.331 e. The summed E-state index contributed by atoms with van der Waals surface area (Å²) in [4.78, 5) is 28.4. The first-order chi connectivity index (χ1) is 11.5. The van der Waals surface area contributed by atoms with Gasteiger partial charge in [-0.05, 0) is 23.3 Å². The third-order valence-electron chi connectivity index (χ3n) is 3.61. The van der Waals surface area contributed by atoms with Gasteiger partial charge in [-0.15, -0.1) is 0 Å². The van der Waals surface area contributed by atoms with Crippen LogP contribution in [0.2, 0.25) is 0 Å². The van der Waals surface area contributed by atoms with Crippen LogP contribution in [0.1, 0.15) is 11.1 Å². The number of aromatic nitrogens is 2. The van der Waals surface area contributed by atoms with E-state index < -0.39 is 4.92 Å². The SMILES string of the molecule is O=c1[nH]c(=S)[nH]c(-c2ccccc2)c1Cc1cccc([N+](=O)[O-])c1. The van der Waals surface area contributed by atoms with Crippen LogP contribution >= 0.6 is 12.2 Å². The van der Waals surface area contributed by atoms with E-state index in [2.05, 4.69) is 9.97 Å². The molecule has 1 aromatic heterocycles. The number of nitro groups is 1. The molecule has 1 heterocycles. The van der Waals surface area contributed by atoms with Crippen molar-refractivity contribution in [2.45, 2.75) is 6.42 Å². The van der Waals surface area contributed by atoms with Crippen LogP contribution in [0.4, 0.5) is 5.69 Å². The average molecular weight is 339 g/mol. The molecule has 0 radical (unpaired) electrons. The molecule has 0 aliphatic rings. The molecule has 0 unspecified atom stereocenters. The lowest BCUT2D eigenvalue weighted by Crippen LogP contribution is -2.16. The smallest absolute Gasteiger partial charge is 0.269 e. The highest BCUT2D eigenvalue weighted by atomic mass is 32.1. The van der Waals surface area contributed by atoms with E-state index in [0.717, 1.165) is 5.56 Å². The van der Waals surface area contributed by atoms with Gasteiger partial charge in [0.25, 0.3) is 11.2 Å². The van der Waals surface area contributed by atoms with E-state index in [0.29, 0.717) is 16.8 Å². The number of nitrogens with zero attached hydrogens (tertiary/aromatic N) is 1. The van der Waals surface area contributed by atoms with Crippen molar-refractivity contribution >= 4 is 17.9 Å². The number of nitro benzene ring substituents is 1. The summed E-state index contributed by atoms with van der Waals surface area (Å²) in [5.41, 5.74) is 2.30. The topological polar surface area (TPSA) is 91.8 Å². The number of rotatable bonds is 4. The van der Waals surface area contributed by atoms with Gasteiger partial charge < -0.3 is 4.98 Å². The summed E-state index contributed by atoms with van der Waals surface area (Å²) in [5, 5.41) is 10.9. The van der Waals surface area contributed by atoms with Crippen LogP contribution in [0, 0.1) is 14.9 Å². The Morgan fingerprint density at radius 1 is 1.04 bits per heavy atom. The summed E-state index contributed by atoms with van der Waals surface area (Å²) in [5.74, 6) is 0. The highest BCUT2D eigenvalue weighted by Crippen LogP contribution is 2.22. The van der Waals surface area contributed by atoms with Gasteiger partial charge in [0.2, 0.25) is 0 Å². The van der Waals surface area contributed by atoms with Crippen molar-refractivity contribution in [3.8, 4) is 11.3 Å². The van der Waals surface area contributed by atoms with Gasteiger partial charge in [-0.25, -0.2) is 0 Å². The Bertz CT molecular complexity index is 1010. The zero-order valence-electron chi connectivity index (χ0n) is 12.5. The van der Waals surface area contributed by atoms with Crippen LogP contribution in [-0.2, 0) is 6.42 Å².